The minimum Gasteiger partial charge on any atom is -0.351 e. The Hall–Kier alpha value is -1.62. The molecule has 1 aliphatic rings. The van der Waals surface area contributed by atoms with Gasteiger partial charge in [0.2, 0.25) is 0 Å². The van der Waals surface area contributed by atoms with Crippen molar-refractivity contribution in [2.75, 3.05) is 27.2 Å². The van der Waals surface area contributed by atoms with Crippen LogP contribution < -0.4 is 10.9 Å². The monoisotopic (exact) mass is 277 g/mol. The van der Waals surface area contributed by atoms with E-state index in [1.54, 1.807) is 6.07 Å². The second-order valence-electron chi connectivity index (χ2n) is 5.92. The number of hydrogen-bond donors (Lipinski definition) is 2. The summed E-state index contributed by atoms with van der Waals surface area (Å²) in [5.74, 6) is 0.326. The van der Waals surface area contributed by atoms with Gasteiger partial charge < -0.3 is 15.2 Å². The van der Waals surface area contributed by atoms with Crippen molar-refractivity contribution < 1.29 is 4.79 Å². The predicted molar refractivity (Wildman–Crippen MR) is 79.1 cm³/mol. The molecule has 0 unspecified atom stereocenters. The first-order chi connectivity index (χ1) is 9.47. The summed E-state index contributed by atoms with van der Waals surface area (Å²) in [4.78, 5) is 28.9. The van der Waals surface area contributed by atoms with E-state index < -0.39 is 0 Å². The molecule has 1 heterocycles. The third-order valence-electron chi connectivity index (χ3n) is 3.76. The highest BCUT2D eigenvalue weighted by molar-refractivity contribution is 5.94. The third kappa shape index (κ3) is 3.48. The fourth-order valence-electron chi connectivity index (χ4n) is 2.54. The number of carbonyl (C=O) groups excluding carboxylic acids is 1. The van der Waals surface area contributed by atoms with Crippen molar-refractivity contribution in [1.82, 2.24) is 15.2 Å². The number of aryl methyl sites for hydroxylation is 1. The molecule has 1 aromatic rings. The summed E-state index contributed by atoms with van der Waals surface area (Å²) in [6.45, 7) is 3.50. The molecule has 1 atom stereocenters. The van der Waals surface area contributed by atoms with Gasteiger partial charge in [0, 0.05) is 18.8 Å². The summed E-state index contributed by atoms with van der Waals surface area (Å²) in [5, 5.41) is 2.79. The number of likely N-dealkylation sites (N-methyl/N-ethyl adjacent to an activating group) is 1. The Morgan fingerprint density at radius 1 is 1.50 bits per heavy atom. The van der Waals surface area contributed by atoms with Crippen LogP contribution in [0.1, 0.15) is 35.0 Å². The average Bonchev–Trinajstić information content (AvgIpc) is 2.38. The summed E-state index contributed by atoms with van der Waals surface area (Å²) < 4.78 is 0. The zero-order chi connectivity index (χ0) is 14.7. The van der Waals surface area contributed by atoms with Crippen molar-refractivity contribution in [3.05, 3.63) is 33.2 Å². The minimum atomic E-state index is -0.283. The number of rotatable bonds is 4. The van der Waals surface area contributed by atoms with Crippen molar-refractivity contribution in [2.45, 2.75) is 26.2 Å². The predicted octanol–water partition coefficient (Wildman–Crippen LogP) is 0.791. The number of aromatic amines is 1. The van der Waals surface area contributed by atoms with Crippen LogP contribution in [0.25, 0.3) is 0 Å². The highest BCUT2D eigenvalue weighted by Gasteiger charge is 2.19. The molecular weight excluding hydrogens is 254 g/mol. The first kappa shape index (κ1) is 14.8. The topological polar surface area (TPSA) is 65.2 Å². The molecule has 2 rings (SSSR count). The number of fused-ring (bicyclic) bond motifs is 1. The molecule has 0 aliphatic heterocycles. The Labute approximate surface area is 119 Å². The maximum absolute atomic E-state index is 12.1. The van der Waals surface area contributed by atoms with E-state index in [2.05, 4.69) is 17.2 Å². The Balaban J connectivity index is 2.13. The number of carbonyl (C=O) groups is 1. The zero-order valence-corrected chi connectivity index (χ0v) is 12.5. The van der Waals surface area contributed by atoms with Gasteiger partial charge in [-0.3, -0.25) is 9.59 Å². The molecule has 0 aromatic carbocycles. The lowest BCUT2D eigenvalue weighted by atomic mass is 9.87. The molecule has 0 spiro atoms. The number of nitrogens with zero attached hydrogens (tertiary/aromatic N) is 1. The molecule has 1 aromatic heterocycles. The van der Waals surface area contributed by atoms with Crippen molar-refractivity contribution in [2.24, 2.45) is 5.92 Å². The molecule has 5 heteroatoms. The van der Waals surface area contributed by atoms with Crippen molar-refractivity contribution >= 4 is 5.91 Å². The van der Waals surface area contributed by atoms with E-state index in [1.807, 2.05) is 19.0 Å². The van der Waals surface area contributed by atoms with Crippen molar-refractivity contribution in [3.8, 4) is 0 Å². The fraction of sp³-hybridized carbons (Fsp3) is 0.600. The van der Waals surface area contributed by atoms with Gasteiger partial charge >= 0.3 is 0 Å². The number of pyridine rings is 1. The molecule has 110 valence electrons. The summed E-state index contributed by atoms with van der Waals surface area (Å²) in [6.07, 6.45) is 2.93. The first-order valence-electron chi connectivity index (χ1n) is 7.15. The van der Waals surface area contributed by atoms with E-state index >= 15 is 0 Å². The second kappa shape index (κ2) is 6.22. The Kier molecular flexibility index (Phi) is 4.60. The van der Waals surface area contributed by atoms with Crippen LogP contribution in [-0.2, 0) is 12.8 Å². The summed E-state index contributed by atoms with van der Waals surface area (Å²) in [6, 6.07) is 1.77. The molecular formula is C15H23N3O2. The Bertz CT molecular complexity index is 549. The minimum absolute atomic E-state index is 0.233. The highest BCUT2D eigenvalue weighted by Crippen LogP contribution is 2.23. The van der Waals surface area contributed by atoms with Gasteiger partial charge in [-0.2, -0.15) is 0 Å². The molecule has 1 amide bonds. The second-order valence-corrected chi connectivity index (χ2v) is 5.92. The smallest absolute Gasteiger partial charge is 0.261 e. The number of hydrogen-bond acceptors (Lipinski definition) is 3. The number of nitrogens with one attached hydrogen (secondary N) is 2. The van der Waals surface area contributed by atoms with Gasteiger partial charge in [0.15, 0.2) is 0 Å². The van der Waals surface area contributed by atoms with Crippen LogP contribution in [0.15, 0.2) is 10.9 Å². The van der Waals surface area contributed by atoms with E-state index in [1.165, 1.54) is 0 Å². The van der Waals surface area contributed by atoms with E-state index in [0.29, 0.717) is 12.5 Å². The first-order valence-corrected chi connectivity index (χ1v) is 7.15. The SMILES string of the molecule is C[C@H]1CCc2[nH]c(=O)c(C(=O)NCCN(C)C)cc2C1. The molecule has 0 saturated carbocycles. The Morgan fingerprint density at radius 3 is 2.95 bits per heavy atom. The Morgan fingerprint density at radius 2 is 2.25 bits per heavy atom. The lowest BCUT2D eigenvalue weighted by Crippen LogP contribution is -2.35. The van der Waals surface area contributed by atoms with Gasteiger partial charge in [0.1, 0.15) is 5.56 Å². The molecule has 0 bridgehead atoms. The standard InChI is InChI=1S/C15H23N3O2/c1-10-4-5-13-11(8-10)9-12(15(20)17-13)14(19)16-6-7-18(2)3/h9-10H,4-8H2,1-3H3,(H,16,19)(H,17,20)/t10-/m0/s1. The van der Waals surface area contributed by atoms with E-state index in [0.717, 1.165) is 37.1 Å². The normalized spacial score (nSPS) is 17.9. The van der Waals surface area contributed by atoms with E-state index in [9.17, 15) is 9.59 Å². The van der Waals surface area contributed by atoms with Gasteiger partial charge in [-0.15, -0.1) is 0 Å². The van der Waals surface area contributed by atoms with Gasteiger partial charge in [0.05, 0.1) is 0 Å². The van der Waals surface area contributed by atoms with Crippen LogP contribution in [0.3, 0.4) is 0 Å². The van der Waals surface area contributed by atoms with Crippen molar-refractivity contribution in [3.63, 3.8) is 0 Å². The summed E-state index contributed by atoms with van der Waals surface area (Å²) in [5.41, 5.74) is 2.07. The number of amides is 1. The van der Waals surface area contributed by atoms with Crippen LogP contribution in [0.4, 0.5) is 0 Å². The van der Waals surface area contributed by atoms with Gasteiger partial charge in [-0.1, -0.05) is 6.92 Å². The quantitative estimate of drug-likeness (QED) is 0.855. The van der Waals surface area contributed by atoms with Crippen LogP contribution in [0.2, 0.25) is 0 Å². The number of aromatic nitrogens is 1. The molecule has 20 heavy (non-hydrogen) atoms. The fourth-order valence-corrected chi connectivity index (χ4v) is 2.54. The summed E-state index contributed by atoms with van der Waals surface area (Å²) >= 11 is 0. The maximum atomic E-state index is 12.1. The van der Waals surface area contributed by atoms with Crippen LogP contribution in [-0.4, -0.2) is 43.0 Å². The van der Waals surface area contributed by atoms with Crippen LogP contribution >= 0.6 is 0 Å². The lowest BCUT2D eigenvalue weighted by Gasteiger charge is -2.21. The average molecular weight is 277 g/mol. The highest BCUT2D eigenvalue weighted by atomic mass is 16.2. The summed E-state index contributed by atoms with van der Waals surface area (Å²) in [7, 11) is 3.89. The maximum Gasteiger partial charge on any atom is 0.261 e. The van der Waals surface area contributed by atoms with E-state index in [-0.39, 0.29) is 17.0 Å². The molecule has 5 nitrogen and oxygen atoms in total. The third-order valence-corrected chi connectivity index (χ3v) is 3.76. The molecule has 1 aliphatic carbocycles. The lowest BCUT2D eigenvalue weighted by molar-refractivity contribution is 0.0949. The molecule has 2 N–H and O–H groups in total. The zero-order valence-electron chi connectivity index (χ0n) is 12.5. The largest absolute Gasteiger partial charge is 0.351 e. The van der Waals surface area contributed by atoms with Gasteiger partial charge in [-0.05, 0) is 50.9 Å². The van der Waals surface area contributed by atoms with Crippen LogP contribution in [0.5, 0.6) is 0 Å². The van der Waals surface area contributed by atoms with E-state index in [4.69, 9.17) is 0 Å². The van der Waals surface area contributed by atoms with Gasteiger partial charge in [-0.25, -0.2) is 0 Å². The van der Waals surface area contributed by atoms with Gasteiger partial charge in [0.25, 0.3) is 11.5 Å². The molecule has 0 radical (unpaired) electrons. The molecule has 0 fully saturated rings. The molecule has 0 saturated heterocycles. The number of H-pyrrole nitrogens is 1. The van der Waals surface area contributed by atoms with Crippen LogP contribution in [0, 0.1) is 5.92 Å². The van der Waals surface area contributed by atoms with Crippen molar-refractivity contribution in [1.29, 1.82) is 0 Å².